The monoisotopic (exact) mass is 326 g/mol. The molecule has 3 N–H and O–H groups in total. The molecule has 104 valence electrons. The topological polar surface area (TPSA) is 38.0 Å². The van der Waals surface area contributed by atoms with Crippen molar-refractivity contribution in [2.75, 3.05) is 11.6 Å². The third-order valence-corrected chi connectivity index (χ3v) is 3.99. The maximum absolute atomic E-state index is 13.1. The first kappa shape index (κ1) is 15.1. The van der Waals surface area contributed by atoms with E-state index in [9.17, 15) is 4.39 Å². The van der Waals surface area contributed by atoms with Crippen LogP contribution in [-0.2, 0) is 0 Å². The second-order valence-corrected chi connectivity index (χ2v) is 5.69. The van der Waals surface area contributed by atoms with Gasteiger partial charge in [0.25, 0.3) is 0 Å². The summed E-state index contributed by atoms with van der Waals surface area (Å²) in [6, 6.07) is 9.86. The van der Waals surface area contributed by atoms with Gasteiger partial charge in [-0.25, -0.2) is 4.39 Å². The SMILES string of the molecule is CSc1cccc(Nc2ccc(F)cc2Cl)c1C(N)=S. The minimum atomic E-state index is -0.381. The zero-order chi connectivity index (χ0) is 14.7. The van der Waals surface area contributed by atoms with Crippen molar-refractivity contribution in [1.29, 1.82) is 0 Å². The summed E-state index contributed by atoms with van der Waals surface area (Å²) in [5.41, 5.74) is 7.90. The van der Waals surface area contributed by atoms with Gasteiger partial charge in [0.2, 0.25) is 0 Å². The third kappa shape index (κ3) is 3.23. The second kappa shape index (κ2) is 6.43. The molecule has 2 aromatic carbocycles. The van der Waals surface area contributed by atoms with Crippen molar-refractivity contribution in [2.45, 2.75) is 4.90 Å². The van der Waals surface area contributed by atoms with Gasteiger partial charge in [0.1, 0.15) is 10.8 Å². The molecule has 6 heteroatoms. The van der Waals surface area contributed by atoms with Crippen molar-refractivity contribution >= 4 is 51.9 Å². The van der Waals surface area contributed by atoms with Crippen LogP contribution < -0.4 is 11.1 Å². The molecule has 0 amide bonds. The predicted octanol–water partition coefficient (Wildman–Crippen LogP) is 4.58. The lowest BCUT2D eigenvalue weighted by Crippen LogP contribution is -2.13. The number of hydrogen-bond acceptors (Lipinski definition) is 3. The molecule has 0 aromatic heterocycles. The Hall–Kier alpha value is -1.30. The van der Waals surface area contributed by atoms with E-state index in [1.54, 1.807) is 17.8 Å². The van der Waals surface area contributed by atoms with E-state index < -0.39 is 0 Å². The van der Waals surface area contributed by atoms with E-state index in [0.717, 1.165) is 16.1 Å². The van der Waals surface area contributed by atoms with Crippen LogP contribution in [0.15, 0.2) is 41.3 Å². The molecule has 0 fully saturated rings. The highest BCUT2D eigenvalue weighted by molar-refractivity contribution is 7.98. The van der Waals surface area contributed by atoms with Gasteiger partial charge >= 0.3 is 0 Å². The van der Waals surface area contributed by atoms with Crippen molar-refractivity contribution in [1.82, 2.24) is 0 Å². The van der Waals surface area contributed by atoms with Crippen molar-refractivity contribution in [3.63, 3.8) is 0 Å². The molecule has 0 aliphatic heterocycles. The largest absolute Gasteiger partial charge is 0.389 e. The summed E-state index contributed by atoms with van der Waals surface area (Å²) in [7, 11) is 0. The van der Waals surface area contributed by atoms with Crippen molar-refractivity contribution in [3.8, 4) is 0 Å². The predicted molar refractivity (Wildman–Crippen MR) is 88.8 cm³/mol. The van der Waals surface area contributed by atoms with Crippen molar-refractivity contribution in [2.24, 2.45) is 5.73 Å². The highest BCUT2D eigenvalue weighted by atomic mass is 35.5. The van der Waals surface area contributed by atoms with Gasteiger partial charge in [-0.1, -0.05) is 29.9 Å². The van der Waals surface area contributed by atoms with Gasteiger partial charge in [0, 0.05) is 16.1 Å². The number of anilines is 2. The van der Waals surface area contributed by atoms with Crippen LogP contribution >= 0.6 is 35.6 Å². The van der Waals surface area contributed by atoms with Gasteiger partial charge in [-0.15, -0.1) is 11.8 Å². The van der Waals surface area contributed by atoms with Gasteiger partial charge in [0.05, 0.1) is 10.7 Å². The van der Waals surface area contributed by atoms with Crippen molar-refractivity contribution < 1.29 is 4.39 Å². The van der Waals surface area contributed by atoms with Crippen LogP contribution in [0.25, 0.3) is 0 Å². The van der Waals surface area contributed by atoms with Crippen LogP contribution in [0.1, 0.15) is 5.56 Å². The molecule has 2 rings (SSSR count). The summed E-state index contributed by atoms with van der Waals surface area (Å²) in [6.45, 7) is 0. The number of nitrogens with two attached hydrogens (primary N) is 1. The zero-order valence-electron chi connectivity index (χ0n) is 10.6. The van der Waals surface area contributed by atoms with Crippen LogP contribution in [0.5, 0.6) is 0 Å². The van der Waals surface area contributed by atoms with Gasteiger partial charge < -0.3 is 11.1 Å². The molecule has 0 aliphatic carbocycles. The van der Waals surface area contributed by atoms with Crippen LogP contribution in [0.3, 0.4) is 0 Å². The first-order valence-electron chi connectivity index (χ1n) is 5.72. The van der Waals surface area contributed by atoms with E-state index in [4.69, 9.17) is 29.6 Å². The Morgan fingerprint density at radius 3 is 2.65 bits per heavy atom. The fourth-order valence-corrected chi connectivity index (χ4v) is 2.93. The molecule has 0 bridgehead atoms. The molecular formula is C14H12ClFN2S2. The molecule has 0 spiro atoms. The van der Waals surface area contributed by atoms with Crippen LogP contribution in [0.4, 0.5) is 15.8 Å². The highest BCUT2D eigenvalue weighted by Gasteiger charge is 2.12. The number of thioether (sulfide) groups is 1. The number of nitrogens with one attached hydrogen (secondary N) is 1. The lowest BCUT2D eigenvalue weighted by molar-refractivity contribution is 0.628. The second-order valence-electron chi connectivity index (χ2n) is 4.00. The molecule has 0 radical (unpaired) electrons. The molecule has 2 aromatic rings. The molecule has 0 aliphatic rings. The van der Waals surface area contributed by atoms with E-state index in [1.807, 2.05) is 24.5 Å². The maximum atomic E-state index is 13.1. The van der Waals surface area contributed by atoms with E-state index in [2.05, 4.69) is 5.32 Å². The quantitative estimate of drug-likeness (QED) is 0.637. The summed E-state index contributed by atoms with van der Waals surface area (Å²) in [5, 5.41) is 3.44. The Morgan fingerprint density at radius 1 is 1.30 bits per heavy atom. The minimum Gasteiger partial charge on any atom is -0.389 e. The molecule has 0 atom stereocenters. The van der Waals surface area contributed by atoms with Gasteiger partial charge in [-0.3, -0.25) is 0 Å². The summed E-state index contributed by atoms with van der Waals surface area (Å²) in [5.74, 6) is -0.381. The average Bonchev–Trinajstić information content (AvgIpc) is 2.41. The number of benzene rings is 2. The Kier molecular flexibility index (Phi) is 4.86. The highest BCUT2D eigenvalue weighted by Crippen LogP contribution is 2.32. The van der Waals surface area contributed by atoms with E-state index in [-0.39, 0.29) is 5.82 Å². The number of halogens is 2. The summed E-state index contributed by atoms with van der Waals surface area (Å²) in [6.07, 6.45) is 1.95. The number of hydrogen-bond donors (Lipinski definition) is 2. The Bertz CT molecular complexity index is 662. The fraction of sp³-hybridized carbons (Fsp3) is 0.0714. The van der Waals surface area contributed by atoms with E-state index in [1.165, 1.54) is 12.1 Å². The lowest BCUT2D eigenvalue weighted by Gasteiger charge is -2.15. The average molecular weight is 327 g/mol. The summed E-state index contributed by atoms with van der Waals surface area (Å²) in [4.78, 5) is 1.27. The standard InChI is InChI=1S/C14H12ClFN2S2/c1-20-12-4-2-3-11(13(12)14(17)19)18-10-6-5-8(16)7-9(10)15/h2-7,18H,1H3,(H2,17,19). The zero-order valence-corrected chi connectivity index (χ0v) is 13.0. The Balaban J connectivity index is 2.45. The van der Waals surface area contributed by atoms with Gasteiger partial charge in [-0.2, -0.15) is 0 Å². The maximum Gasteiger partial charge on any atom is 0.124 e. The van der Waals surface area contributed by atoms with Crippen molar-refractivity contribution in [3.05, 3.63) is 52.8 Å². The van der Waals surface area contributed by atoms with Gasteiger partial charge in [-0.05, 0) is 36.6 Å². The van der Waals surface area contributed by atoms with E-state index in [0.29, 0.717) is 15.7 Å². The molecule has 0 saturated heterocycles. The fourth-order valence-electron chi connectivity index (χ4n) is 1.80. The summed E-state index contributed by atoms with van der Waals surface area (Å²) < 4.78 is 13.1. The Morgan fingerprint density at radius 2 is 2.05 bits per heavy atom. The summed E-state index contributed by atoms with van der Waals surface area (Å²) >= 11 is 12.7. The lowest BCUT2D eigenvalue weighted by atomic mass is 10.1. The first-order valence-corrected chi connectivity index (χ1v) is 7.73. The number of thiocarbonyl (C=S) groups is 1. The van der Waals surface area contributed by atoms with Gasteiger partial charge in [0.15, 0.2) is 0 Å². The third-order valence-electron chi connectivity index (χ3n) is 2.69. The molecular weight excluding hydrogens is 315 g/mol. The normalized spacial score (nSPS) is 10.3. The smallest absolute Gasteiger partial charge is 0.124 e. The molecule has 0 saturated carbocycles. The molecule has 2 nitrogen and oxygen atoms in total. The van der Waals surface area contributed by atoms with Crippen LogP contribution in [0, 0.1) is 5.82 Å². The first-order chi connectivity index (χ1) is 9.52. The Labute approximate surface area is 131 Å². The minimum absolute atomic E-state index is 0.299. The molecule has 0 unspecified atom stereocenters. The van der Waals surface area contributed by atoms with Crippen LogP contribution in [0.2, 0.25) is 5.02 Å². The van der Waals surface area contributed by atoms with E-state index >= 15 is 0 Å². The van der Waals surface area contributed by atoms with Crippen LogP contribution in [-0.4, -0.2) is 11.2 Å². The molecule has 20 heavy (non-hydrogen) atoms. The number of rotatable bonds is 4. The molecule has 0 heterocycles.